The molecular formula is C14H15F2NO3. The van der Waals surface area contributed by atoms with Crippen molar-refractivity contribution in [3.63, 3.8) is 0 Å². The van der Waals surface area contributed by atoms with E-state index in [1.54, 1.807) is 0 Å². The van der Waals surface area contributed by atoms with Gasteiger partial charge in [-0.15, -0.1) is 0 Å². The Morgan fingerprint density at radius 1 is 1.30 bits per heavy atom. The van der Waals surface area contributed by atoms with Crippen molar-refractivity contribution in [1.82, 2.24) is 5.32 Å². The van der Waals surface area contributed by atoms with Gasteiger partial charge in [-0.3, -0.25) is 9.59 Å². The van der Waals surface area contributed by atoms with Gasteiger partial charge in [-0.05, 0) is 18.9 Å². The number of benzene rings is 1. The molecule has 1 fully saturated rings. The summed E-state index contributed by atoms with van der Waals surface area (Å²) < 4.78 is 26.4. The molecule has 0 aromatic heterocycles. The maximum Gasteiger partial charge on any atom is 0.311 e. The predicted octanol–water partition coefficient (Wildman–Crippen LogP) is 1.88. The highest BCUT2D eigenvalue weighted by Crippen LogP contribution is 2.40. The molecule has 0 radical (unpaired) electrons. The van der Waals surface area contributed by atoms with E-state index in [0.29, 0.717) is 12.8 Å². The maximum atomic E-state index is 13.4. The van der Waals surface area contributed by atoms with Gasteiger partial charge in [-0.2, -0.15) is 0 Å². The van der Waals surface area contributed by atoms with Crippen LogP contribution in [0.3, 0.4) is 0 Å². The van der Waals surface area contributed by atoms with E-state index in [4.69, 9.17) is 5.11 Å². The first-order valence-electron chi connectivity index (χ1n) is 6.38. The average Bonchev–Trinajstić information content (AvgIpc) is 2.33. The summed E-state index contributed by atoms with van der Waals surface area (Å²) in [4.78, 5) is 22.8. The van der Waals surface area contributed by atoms with Crippen LogP contribution in [-0.4, -0.2) is 23.5 Å². The monoisotopic (exact) mass is 283 g/mol. The number of aliphatic carboxylic acids is 1. The lowest BCUT2D eigenvalue weighted by Crippen LogP contribution is -2.47. The van der Waals surface area contributed by atoms with Crippen molar-refractivity contribution in [2.24, 2.45) is 5.41 Å². The summed E-state index contributed by atoms with van der Waals surface area (Å²) in [5, 5.41) is 11.6. The Morgan fingerprint density at radius 2 is 2.00 bits per heavy atom. The molecule has 0 aliphatic heterocycles. The summed E-state index contributed by atoms with van der Waals surface area (Å²) in [5.74, 6) is -3.49. The number of carbonyl (C=O) groups is 2. The number of hydrogen-bond donors (Lipinski definition) is 2. The fourth-order valence-corrected chi connectivity index (χ4v) is 2.26. The molecule has 1 amide bonds. The van der Waals surface area contributed by atoms with Crippen molar-refractivity contribution >= 4 is 11.9 Å². The number of rotatable bonds is 5. The normalized spacial score (nSPS) is 16.3. The number of halogens is 2. The zero-order valence-electron chi connectivity index (χ0n) is 10.8. The van der Waals surface area contributed by atoms with Crippen LogP contribution in [0, 0.1) is 17.0 Å². The molecular weight excluding hydrogens is 268 g/mol. The van der Waals surface area contributed by atoms with E-state index in [9.17, 15) is 18.4 Å². The number of carboxylic acids is 1. The first kappa shape index (κ1) is 14.4. The Labute approximate surface area is 114 Å². The third kappa shape index (κ3) is 2.79. The van der Waals surface area contributed by atoms with Crippen LogP contribution in [0.15, 0.2) is 18.2 Å². The van der Waals surface area contributed by atoms with E-state index < -0.39 is 28.9 Å². The topological polar surface area (TPSA) is 66.4 Å². The highest BCUT2D eigenvalue weighted by atomic mass is 19.2. The van der Waals surface area contributed by atoms with Gasteiger partial charge in [0.05, 0.1) is 11.8 Å². The Hall–Kier alpha value is -1.98. The Balaban J connectivity index is 1.93. The third-order valence-corrected chi connectivity index (χ3v) is 3.77. The summed E-state index contributed by atoms with van der Waals surface area (Å²) in [5.41, 5.74) is -0.934. The van der Waals surface area contributed by atoms with E-state index in [-0.39, 0.29) is 18.5 Å². The third-order valence-electron chi connectivity index (χ3n) is 3.77. The lowest BCUT2D eigenvalue weighted by Gasteiger charge is -2.37. The summed E-state index contributed by atoms with van der Waals surface area (Å²) >= 11 is 0. The van der Waals surface area contributed by atoms with Gasteiger partial charge in [0.25, 0.3) is 0 Å². The van der Waals surface area contributed by atoms with Crippen LogP contribution in [-0.2, 0) is 16.0 Å². The molecule has 6 heteroatoms. The molecule has 0 heterocycles. The average molecular weight is 283 g/mol. The number of amides is 1. The van der Waals surface area contributed by atoms with Crippen LogP contribution < -0.4 is 5.32 Å². The molecule has 1 aromatic rings. The molecule has 1 aliphatic carbocycles. The molecule has 0 atom stereocenters. The van der Waals surface area contributed by atoms with Crippen molar-refractivity contribution in [2.75, 3.05) is 6.54 Å². The van der Waals surface area contributed by atoms with Gasteiger partial charge >= 0.3 is 5.97 Å². The second kappa shape index (κ2) is 5.56. The van der Waals surface area contributed by atoms with Crippen LogP contribution in [0.4, 0.5) is 8.78 Å². The molecule has 0 bridgehead atoms. The Kier molecular flexibility index (Phi) is 4.01. The van der Waals surface area contributed by atoms with Gasteiger partial charge in [-0.1, -0.05) is 18.6 Å². The number of carbonyl (C=O) groups excluding carboxylic acids is 1. The molecule has 0 saturated heterocycles. The summed E-state index contributed by atoms with van der Waals surface area (Å²) in [6.07, 6.45) is 1.56. The zero-order chi connectivity index (χ0) is 14.8. The van der Waals surface area contributed by atoms with Crippen molar-refractivity contribution in [1.29, 1.82) is 0 Å². The number of carboxylic acid groups (broad SMARTS) is 1. The Morgan fingerprint density at radius 3 is 2.55 bits per heavy atom. The highest BCUT2D eigenvalue weighted by molar-refractivity contribution is 5.81. The van der Waals surface area contributed by atoms with Gasteiger partial charge in [0, 0.05) is 12.1 Å². The van der Waals surface area contributed by atoms with Crippen molar-refractivity contribution < 1.29 is 23.5 Å². The second-order valence-electron chi connectivity index (χ2n) is 5.11. The summed E-state index contributed by atoms with van der Waals surface area (Å²) in [7, 11) is 0. The fourth-order valence-electron chi connectivity index (χ4n) is 2.26. The lowest BCUT2D eigenvalue weighted by atomic mass is 9.69. The van der Waals surface area contributed by atoms with Crippen molar-refractivity contribution in [3.8, 4) is 0 Å². The molecule has 1 saturated carbocycles. The highest BCUT2D eigenvalue weighted by Gasteiger charge is 2.44. The first-order chi connectivity index (χ1) is 9.44. The number of nitrogens with one attached hydrogen (secondary N) is 1. The minimum absolute atomic E-state index is 0.0259. The van der Waals surface area contributed by atoms with E-state index in [1.165, 1.54) is 12.1 Å². The van der Waals surface area contributed by atoms with Gasteiger partial charge in [0.15, 0.2) is 11.6 Å². The van der Waals surface area contributed by atoms with Crippen LogP contribution in [0.2, 0.25) is 0 Å². The minimum atomic E-state index is -1.04. The van der Waals surface area contributed by atoms with E-state index in [2.05, 4.69) is 5.32 Å². The fraction of sp³-hybridized carbons (Fsp3) is 0.429. The van der Waals surface area contributed by atoms with Crippen LogP contribution in [0.5, 0.6) is 0 Å². The molecule has 2 N–H and O–H groups in total. The van der Waals surface area contributed by atoms with E-state index in [0.717, 1.165) is 12.5 Å². The smallest absolute Gasteiger partial charge is 0.311 e. The summed E-state index contributed by atoms with van der Waals surface area (Å²) in [6, 6.07) is 3.63. The summed E-state index contributed by atoms with van der Waals surface area (Å²) in [6.45, 7) is 0.0259. The molecule has 0 spiro atoms. The maximum absolute atomic E-state index is 13.4. The van der Waals surface area contributed by atoms with E-state index in [1.807, 2.05) is 0 Å². The largest absolute Gasteiger partial charge is 0.481 e. The van der Waals surface area contributed by atoms with Crippen LogP contribution >= 0.6 is 0 Å². The predicted molar refractivity (Wildman–Crippen MR) is 67.0 cm³/mol. The van der Waals surface area contributed by atoms with E-state index >= 15 is 0 Å². The molecule has 20 heavy (non-hydrogen) atoms. The second-order valence-corrected chi connectivity index (χ2v) is 5.11. The molecule has 1 aromatic carbocycles. The van der Waals surface area contributed by atoms with Gasteiger partial charge in [-0.25, -0.2) is 8.78 Å². The lowest BCUT2D eigenvalue weighted by molar-refractivity contribution is -0.154. The Bertz CT molecular complexity index is 541. The quantitative estimate of drug-likeness (QED) is 0.867. The molecule has 0 unspecified atom stereocenters. The van der Waals surface area contributed by atoms with Gasteiger partial charge in [0.1, 0.15) is 0 Å². The van der Waals surface area contributed by atoms with Gasteiger partial charge in [0.2, 0.25) is 5.91 Å². The van der Waals surface area contributed by atoms with Crippen LogP contribution in [0.1, 0.15) is 24.8 Å². The van der Waals surface area contributed by atoms with Crippen LogP contribution in [0.25, 0.3) is 0 Å². The first-order valence-corrected chi connectivity index (χ1v) is 6.38. The van der Waals surface area contributed by atoms with Gasteiger partial charge < -0.3 is 10.4 Å². The molecule has 108 valence electrons. The molecule has 4 nitrogen and oxygen atoms in total. The van der Waals surface area contributed by atoms with Crippen molar-refractivity contribution in [3.05, 3.63) is 35.4 Å². The standard InChI is InChI=1S/C14H15F2NO3/c15-10-4-1-3-9(12(10)16)7-11(18)17-8-14(13(19)20)5-2-6-14/h1,3-4H,2,5-8H2,(H,17,18)(H,19,20). The SMILES string of the molecule is O=C(Cc1cccc(F)c1F)NCC1(C(=O)O)CCC1. The minimum Gasteiger partial charge on any atom is -0.481 e. The zero-order valence-corrected chi connectivity index (χ0v) is 10.8. The molecule has 1 aliphatic rings. The number of hydrogen-bond acceptors (Lipinski definition) is 2. The molecule has 2 rings (SSSR count). The van der Waals surface area contributed by atoms with Crippen molar-refractivity contribution in [2.45, 2.75) is 25.7 Å².